The van der Waals surface area contributed by atoms with E-state index >= 15 is 0 Å². The van der Waals surface area contributed by atoms with E-state index in [4.69, 9.17) is 14.2 Å². The van der Waals surface area contributed by atoms with Crippen molar-refractivity contribution in [2.45, 2.75) is 57.8 Å². The van der Waals surface area contributed by atoms with Gasteiger partial charge in [-0.2, -0.15) is 0 Å². The zero-order chi connectivity index (χ0) is 15.3. The minimum atomic E-state index is -0.581. The third kappa shape index (κ3) is 4.67. The predicted molar refractivity (Wildman–Crippen MR) is 73.3 cm³/mol. The Balaban J connectivity index is 2.77. The highest BCUT2D eigenvalue weighted by Crippen LogP contribution is 2.28. The highest BCUT2D eigenvalue weighted by molar-refractivity contribution is 5.75. The van der Waals surface area contributed by atoms with Crippen molar-refractivity contribution in [1.29, 1.82) is 0 Å². The van der Waals surface area contributed by atoms with E-state index in [-0.39, 0.29) is 12.1 Å². The van der Waals surface area contributed by atoms with Crippen LogP contribution in [0.3, 0.4) is 0 Å². The third-order valence-electron chi connectivity index (χ3n) is 3.33. The van der Waals surface area contributed by atoms with E-state index in [9.17, 15) is 9.59 Å². The molecule has 0 aliphatic heterocycles. The second kappa shape index (κ2) is 6.92. The molecular weight excluding hydrogens is 262 g/mol. The van der Waals surface area contributed by atoms with Crippen molar-refractivity contribution in [3.63, 3.8) is 0 Å². The van der Waals surface area contributed by atoms with Crippen LogP contribution in [-0.2, 0) is 19.0 Å². The molecule has 1 N–H and O–H groups in total. The van der Waals surface area contributed by atoms with Gasteiger partial charge in [-0.05, 0) is 40.0 Å². The van der Waals surface area contributed by atoms with Gasteiger partial charge in [0, 0.05) is 7.11 Å². The molecule has 6 heteroatoms. The summed E-state index contributed by atoms with van der Waals surface area (Å²) in [6.45, 7) is 5.37. The van der Waals surface area contributed by atoms with Gasteiger partial charge in [-0.1, -0.05) is 0 Å². The summed E-state index contributed by atoms with van der Waals surface area (Å²) in [5.74, 6) is -0.723. The smallest absolute Gasteiger partial charge is 0.407 e. The maximum absolute atomic E-state index is 11.9. The van der Waals surface area contributed by atoms with Crippen molar-refractivity contribution in [2.24, 2.45) is 5.92 Å². The molecule has 1 saturated carbocycles. The second-order valence-electron chi connectivity index (χ2n) is 6.01. The van der Waals surface area contributed by atoms with Crippen LogP contribution in [-0.4, -0.2) is 44.0 Å². The number of hydrogen-bond acceptors (Lipinski definition) is 5. The van der Waals surface area contributed by atoms with Crippen molar-refractivity contribution in [1.82, 2.24) is 5.32 Å². The number of ether oxygens (including phenoxy) is 3. The number of carbonyl (C=O) groups excluding carboxylic acids is 2. The molecule has 1 rings (SSSR count). The molecule has 0 heterocycles. The van der Waals surface area contributed by atoms with E-state index in [0.717, 1.165) is 12.8 Å². The van der Waals surface area contributed by atoms with Gasteiger partial charge < -0.3 is 19.5 Å². The first-order valence-corrected chi connectivity index (χ1v) is 6.88. The minimum absolute atomic E-state index is 0.208. The van der Waals surface area contributed by atoms with Crippen molar-refractivity contribution in [3.05, 3.63) is 0 Å². The maximum Gasteiger partial charge on any atom is 0.407 e. The Kier molecular flexibility index (Phi) is 5.80. The molecule has 0 radical (unpaired) electrons. The molecule has 0 saturated heterocycles. The number of carbonyl (C=O) groups is 2. The Hall–Kier alpha value is -1.30. The number of alkyl carbamates (subject to hydrolysis) is 1. The van der Waals surface area contributed by atoms with Crippen LogP contribution in [0.5, 0.6) is 0 Å². The normalized spacial score (nSPS) is 26.8. The lowest BCUT2D eigenvalue weighted by atomic mass is 9.82. The lowest BCUT2D eigenvalue weighted by Gasteiger charge is -2.36. The van der Waals surface area contributed by atoms with Crippen LogP contribution in [0.25, 0.3) is 0 Å². The number of esters is 1. The van der Waals surface area contributed by atoms with Gasteiger partial charge in [-0.25, -0.2) is 4.79 Å². The largest absolute Gasteiger partial charge is 0.469 e. The van der Waals surface area contributed by atoms with Gasteiger partial charge in [0.2, 0.25) is 0 Å². The number of nitrogens with one attached hydrogen (secondary N) is 1. The summed E-state index contributed by atoms with van der Waals surface area (Å²) in [6.07, 6.45) is 1.59. The summed E-state index contributed by atoms with van der Waals surface area (Å²) in [5, 5.41) is 2.75. The van der Waals surface area contributed by atoms with Crippen LogP contribution in [0.2, 0.25) is 0 Å². The summed E-state index contributed by atoms with van der Waals surface area (Å²) in [7, 11) is 2.93. The molecule has 3 atom stereocenters. The zero-order valence-corrected chi connectivity index (χ0v) is 12.9. The molecule has 116 valence electrons. The molecule has 0 unspecified atom stereocenters. The molecule has 1 aliphatic carbocycles. The van der Waals surface area contributed by atoms with E-state index in [1.54, 1.807) is 27.9 Å². The van der Waals surface area contributed by atoms with Gasteiger partial charge in [0.15, 0.2) is 0 Å². The molecule has 1 fully saturated rings. The minimum Gasteiger partial charge on any atom is -0.469 e. The van der Waals surface area contributed by atoms with Gasteiger partial charge in [-0.15, -0.1) is 0 Å². The van der Waals surface area contributed by atoms with Crippen LogP contribution in [0.15, 0.2) is 0 Å². The third-order valence-corrected chi connectivity index (χ3v) is 3.33. The molecule has 0 aromatic heterocycles. The monoisotopic (exact) mass is 287 g/mol. The van der Waals surface area contributed by atoms with E-state index in [2.05, 4.69) is 5.32 Å². The van der Waals surface area contributed by atoms with Crippen molar-refractivity contribution < 1.29 is 23.8 Å². The quantitative estimate of drug-likeness (QED) is 0.802. The lowest BCUT2D eigenvalue weighted by Crippen LogP contribution is -2.54. The van der Waals surface area contributed by atoms with Crippen molar-refractivity contribution in [2.75, 3.05) is 14.2 Å². The molecule has 20 heavy (non-hydrogen) atoms. The molecule has 1 amide bonds. The fourth-order valence-corrected chi connectivity index (χ4v) is 2.47. The number of rotatable bonds is 3. The molecule has 0 aromatic carbocycles. The van der Waals surface area contributed by atoms with Crippen LogP contribution in [0.4, 0.5) is 4.79 Å². The van der Waals surface area contributed by atoms with E-state index in [1.165, 1.54) is 7.11 Å². The average molecular weight is 287 g/mol. The SMILES string of the molecule is COC(=O)[C@H]1CCC[C@@H](OC)[C@@H]1NC(=O)OC(C)(C)C. The Morgan fingerprint density at radius 1 is 1.15 bits per heavy atom. The topological polar surface area (TPSA) is 73.9 Å². The van der Waals surface area contributed by atoms with Crippen molar-refractivity contribution in [3.8, 4) is 0 Å². The highest BCUT2D eigenvalue weighted by Gasteiger charge is 2.40. The van der Waals surface area contributed by atoms with Crippen LogP contribution >= 0.6 is 0 Å². The standard InChI is InChI=1S/C14H25NO5/c1-14(2,3)20-13(17)15-11-9(12(16)19-5)7-6-8-10(11)18-4/h9-11H,6-8H2,1-5H3,(H,15,17)/t9-,10+,11+/m0/s1. The van der Waals surface area contributed by atoms with Crippen LogP contribution < -0.4 is 5.32 Å². The average Bonchev–Trinajstić information content (AvgIpc) is 2.35. The van der Waals surface area contributed by atoms with E-state index in [0.29, 0.717) is 6.42 Å². The summed E-state index contributed by atoms with van der Waals surface area (Å²) in [6, 6.07) is -0.420. The first-order valence-electron chi connectivity index (χ1n) is 6.88. The van der Waals surface area contributed by atoms with Gasteiger partial charge in [0.05, 0.1) is 25.2 Å². The Labute approximate surface area is 120 Å². The Morgan fingerprint density at radius 3 is 2.30 bits per heavy atom. The maximum atomic E-state index is 11.9. The summed E-state index contributed by atoms with van der Waals surface area (Å²) in [4.78, 5) is 23.7. The van der Waals surface area contributed by atoms with Crippen LogP contribution in [0.1, 0.15) is 40.0 Å². The fraction of sp³-hybridized carbons (Fsp3) is 0.857. The molecule has 6 nitrogen and oxygen atoms in total. The highest BCUT2D eigenvalue weighted by atomic mass is 16.6. The molecule has 0 aromatic rings. The molecule has 0 bridgehead atoms. The van der Waals surface area contributed by atoms with Gasteiger partial charge in [0.1, 0.15) is 5.60 Å². The summed E-state index contributed by atoms with van der Waals surface area (Å²) >= 11 is 0. The number of amides is 1. The zero-order valence-electron chi connectivity index (χ0n) is 12.9. The fourth-order valence-electron chi connectivity index (χ4n) is 2.47. The molecule has 1 aliphatic rings. The predicted octanol–water partition coefficient (Wildman–Crippen LogP) is 1.87. The molecular formula is C14H25NO5. The van der Waals surface area contributed by atoms with Gasteiger partial charge in [-0.3, -0.25) is 4.79 Å². The van der Waals surface area contributed by atoms with Crippen LogP contribution in [0, 0.1) is 5.92 Å². The van der Waals surface area contributed by atoms with E-state index in [1.807, 2.05) is 0 Å². The first kappa shape index (κ1) is 16.8. The van der Waals surface area contributed by atoms with Gasteiger partial charge >= 0.3 is 12.1 Å². The number of hydrogen-bond donors (Lipinski definition) is 1. The van der Waals surface area contributed by atoms with E-state index < -0.39 is 23.7 Å². The summed E-state index contributed by atoms with van der Waals surface area (Å²) in [5.41, 5.74) is -0.581. The Bertz CT molecular complexity index is 350. The lowest BCUT2D eigenvalue weighted by molar-refractivity contribution is -0.149. The van der Waals surface area contributed by atoms with Gasteiger partial charge in [0.25, 0.3) is 0 Å². The first-order chi connectivity index (χ1) is 9.28. The summed E-state index contributed by atoms with van der Waals surface area (Å²) < 4.78 is 15.4. The molecule has 0 spiro atoms. The second-order valence-corrected chi connectivity index (χ2v) is 6.01. The number of methoxy groups -OCH3 is 2. The Morgan fingerprint density at radius 2 is 1.80 bits per heavy atom. The van der Waals surface area contributed by atoms with Crippen molar-refractivity contribution >= 4 is 12.1 Å².